The van der Waals surface area contributed by atoms with E-state index in [0.29, 0.717) is 0 Å². The van der Waals surface area contributed by atoms with Crippen LogP contribution in [0.2, 0.25) is 0 Å². The molecule has 2 aromatic carbocycles. The average Bonchev–Trinajstić information content (AvgIpc) is 2.40. The first kappa shape index (κ1) is 12.3. The van der Waals surface area contributed by atoms with E-state index < -0.39 is 11.9 Å². The molecule has 0 radical (unpaired) electrons. The van der Waals surface area contributed by atoms with Crippen molar-refractivity contribution in [3.8, 4) is 0 Å². The SMILES string of the molecule is O=C(OC(O)(O)c1ccccc1)c1ccccc1. The maximum absolute atomic E-state index is 11.7. The van der Waals surface area contributed by atoms with E-state index in [1.165, 1.54) is 24.3 Å². The summed E-state index contributed by atoms with van der Waals surface area (Å²) in [6, 6.07) is 16.0. The number of hydrogen-bond acceptors (Lipinski definition) is 4. The number of carbonyl (C=O) groups is 1. The second kappa shape index (κ2) is 5.00. The van der Waals surface area contributed by atoms with Crippen molar-refractivity contribution < 1.29 is 19.7 Å². The Morgan fingerprint density at radius 1 is 0.889 bits per heavy atom. The summed E-state index contributed by atoms with van der Waals surface area (Å²) in [6.07, 6.45) is 0. The van der Waals surface area contributed by atoms with Crippen molar-refractivity contribution >= 4 is 5.97 Å². The minimum Gasteiger partial charge on any atom is -0.400 e. The minimum atomic E-state index is -2.63. The molecule has 2 N–H and O–H groups in total. The van der Waals surface area contributed by atoms with Crippen LogP contribution < -0.4 is 0 Å². The second-order valence-electron chi connectivity index (χ2n) is 3.73. The average molecular weight is 244 g/mol. The monoisotopic (exact) mass is 244 g/mol. The number of benzene rings is 2. The van der Waals surface area contributed by atoms with Crippen LogP contribution in [0.15, 0.2) is 60.7 Å². The molecule has 0 bridgehead atoms. The van der Waals surface area contributed by atoms with Crippen LogP contribution in [0.5, 0.6) is 0 Å². The molecule has 4 nitrogen and oxygen atoms in total. The number of carbonyl (C=O) groups excluding carboxylic acids is 1. The van der Waals surface area contributed by atoms with Crippen molar-refractivity contribution in [3.05, 3.63) is 71.8 Å². The predicted octanol–water partition coefficient (Wildman–Crippen LogP) is 1.64. The molecule has 0 saturated carbocycles. The van der Waals surface area contributed by atoms with E-state index in [2.05, 4.69) is 4.74 Å². The van der Waals surface area contributed by atoms with Crippen LogP contribution in [-0.2, 0) is 10.7 Å². The summed E-state index contributed by atoms with van der Waals surface area (Å²) in [5.74, 6) is -3.43. The van der Waals surface area contributed by atoms with E-state index in [1.54, 1.807) is 36.4 Å². The Hall–Kier alpha value is -2.17. The maximum atomic E-state index is 11.7. The van der Waals surface area contributed by atoms with Crippen LogP contribution in [0.1, 0.15) is 15.9 Å². The van der Waals surface area contributed by atoms with Gasteiger partial charge in [0.1, 0.15) is 0 Å². The lowest BCUT2D eigenvalue weighted by Crippen LogP contribution is -2.31. The number of esters is 1. The van der Waals surface area contributed by atoms with Gasteiger partial charge in [0.05, 0.1) is 11.1 Å². The quantitative estimate of drug-likeness (QED) is 0.636. The molecule has 0 aliphatic carbocycles. The lowest BCUT2D eigenvalue weighted by Gasteiger charge is -2.21. The van der Waals surface area contributed by atoms with Gasteiger partial charge in [-0.05, 0) is 24.3 Å². The molecule has 0 unspecified atom stereocenters. The third kappa shape index (κ3) is 2.74. The van der Waals surface area contributed by atoms with Gasteiger partial charge in [0.15, 0.2) is 0 Å². The van der Waals surface area contributed by atoms with Crippen LogP contribution in [0.25, 0.3) is 0 Å². The van der Waals surface area contributed by atoms with Crippen molar-refractivity contribution in [1.29, 1.82) is 0 Å². The Labute approximate surface area is 104 Å². The Kier molecular flexibility index (Phi) is 3.41. The van der Waals surface area contributed by atoms with Crippen molar-refractivity contribution in [3.63, 3.8) is 0 Å². The van der Waals surface area contributed by atoms with Crippen LogP contribution in [-0.4, -0.2) is 16.2 Å². The molecule has 0 heterocycles. The van der Waals surface area contributed by atoms with E-state index in [-0.39, 0.29) is 11.1 Å². The van der Waals surface area contributed by atoms with E-state index in [1.807, 2.05) is 0 Å². The van der Waals surface area contributed by atoms with Gasteiger partial charge in [-0.1, -0.05) is 36.4 Å². The summed E-state index contributed by atoms with van der Waals surface area (Å²) >= 11 is 0. The fourth-order valence-electron chi connectivity index (χ4n) is 1.48. The molecule has 0 fully saturated rings. The first-order chi connectivity index (χ1) is 8.59. The Balaban J connectivity index is 2.17. The van der Waals surface area contributed by atoms with Gasteiger partial charge in [0, 0.05) is 0 Å². The minimum absolute atomic E-state index is 0.0919. The summed E-state index contributed by atoms with van der Waals surface area (Å²) < 4.78 is 4.68. The maximum Gasteiger partial charge on any atom is 0.353 e. The fraction of sp³-hybridized carbons (Fsp3) is 0.0714. The van der Waals surface area contributed by atoms with Crippen molar-refractivity contribution in [2.24, 2.45) is 0 Å². The standard InChI is InChI=1S/C14H12O4/c15-13(11-7-3-1-4-8-11)18-14(16,17)12-9-5-2-6-10-12/h1-10,16-17H. The molecule has 2 aromatic rings. The zero-order valence-corrected chi connectivity index (χ0v) is 9.48. The zero-order valence-electron chi connectivity index (χ0n) is 9.48. The number of aliphatic hydroxyl groups is 2. The topological polar surface area (TPSA) is 66.8 Å². The summed E-state index contributed by atoms with van der Waals surface area (Å²) in [7, 11) is 0. The third-order valence-electron chi connectivity index (χ3n) is 2.39. The smallest absolute Gasteiger partial charge is 0.353 e. The van der Waals surface area contributed by atoms with Gasteiger partial charge in [-0.15, -0.1) is 0 Å². The molecule has 0 aliphatic rings. The molecular weight excluding hydrogens is 232 g/mol. The first-order valence-electron chi connectivity index (χ1n) is 5.38. The Bertz CT molecular complexity index is 520. The molecule has 0 aromatic heterocycles. The number of rotatable bonds is 3. The summed E-state index contributed by atoms with van der Waals surface area (Å²) in [5, 5.41) is 19.5. The highest BCUT2D eigenvalue weighted by Gasteiger charge is 2.31. The second-order valence-corrected chi connectivity index (χ2v) is 3.73. The van der Waals surface area contributed by atoms with Crippen LogP contribution in [0, 0.1) is 0 Å². The van der Waals surface area contributed by atoms with Crippen LogP contribution >= 0.6 is 0 Å². The van der Waals surface area contributed by atoms with Crippen molar-refractivity contribution in [2.75, 3.05) is 0 Å². The summed E-state index contributed by atoms with van der Waals surface area (Å²) in [4.78, 5) is 11.7. The van der Waals surface area contributed by atoms with Gasteiger partial charge in [0.2, 0.25) is 0 Å². The molecule has 0 aliphatic heterocycles. The van der Waals surface area contributed by atoms with Gasteiger partial charge in [-0.3, -0.25) is 0 Å². The van der Waals surface area contributed by atoms with Gasteiger partial charge < -0.3 is 14.9 Å². The molecule has 0 atom stereocenters. The van der Waals surface area contributed by atoms with E-state index in [9.17, 15) is 15.0 Å². The van der Waals surface area contributed by atoms with Crippen molar-refractivity contribution in [2.45, 2.75) is 5.97 Å². The number of hydrogen-bond donors (Lipinski definition) is 2. The zero-order chi connectivity index (χ0) is 13.0. The van der Waals surface area contributed by atoms with Crippen LogP contribution in [0.3, 0.4) is 0 Å². The van der Waals surface area contributed by atoms with E-state index in [4.69, 9.17) is 0 Å². The van der Waals surface area contributed by atoms with Gasteiger partial charge in [0.25, 0.3) is 0 Å². The molecule has 92 valence electrons. The summed E-state index contributed by atoms with van der Waals surface area (Å²) in [5.41, 5.74) is 0.343. The molecule has 0 amide bonds. The lowest BCUT2D eigenvalue weighted by molar-refractivity contribution is -0.319. The van der Waals surface area contributed by atoms with Gasteiger partial charge in [-0.25, -0.2) is 4.79 Å². The van der Waals surface area contributed by atoms with Crippen molar-refractivity contribution in [1.82, 2.24) is 0 Å². The van der Waals surface area contributed by atoms with E-state index >= 15 is 0 Å². The molecule has 0 spiro atoms. The van der Waals surface area contributed by atoms with Crippen LogP contribution in [0.4, 0.5) is 0 Å². The highest BCUT2D eigenvalue weighted by atomic mass is 16.8. The largest absolute Gasteiger partial charge is 0.400 e. The Morgan fingerprint density at radius 2 is 1.39 bits per heavy atom. The van der Waals surface area contributed by atoms with E-state index in [0.717, 1.165) is 0 Å². The highest BCUT2D eigenvalue weighted by molar-refractivity contribution is 5.89. The predicted molar refractivity (Wildman–Crippen MR) is 64.4 cm³/mol. The molecule has 4 heteroatoms. The third-order valence-corrected chi connectivity index (χ3v) is 2.39. The summed E-state index contributed by atoms with van der Waals surface area (Å²) in [6.45, 7) is 0. The highest BCUT2D eigenvalue weighted by Crippen LogP contribution is 2.20. The molecule has 2 rings (SSSR count). The Morgan fingerprint density at radius 3 is 1.94 bits per heavy atom. The molecule has 18 heavy (non-hydrogen) atoms. The van der Waals surface area contributed by atoms with Gasteiger partial charge in [-0.2, -0.15) is 0 Å². The fourth-order valence-corrected chi connectivity index (χ4v) is 1.48. The first-order valence-corrected chi connectivity index (χ1v) is 5.38. The molecule has 0 saturated heterocycles. The lowest BCUT2D eigenvalue weighted by atomic mass is 10.2. The molecular formula is C14H12O4. The number of ether oxygens (including phenoxy) is 1. The normalized spacial score (nSPS) is 11.0. The van der Waals surface area contributed by atoms with Gasteiger partial charge >= 0.3 is 11.9 Å².